The minimum Gasteiger partial charge on any atom is -0.370 e. The average Bonchev–Trinajstić information content (AvgIpc) is 2.18. The zero-order valence-corrected chi connectivity index (χ0v) is 9.21. The van der Waals surface area contributed by atoms with Crippen molar-refractivity contribution in [3.8, 4) is 0 Å². The van der Waals surface area contributed by atoms with Gasteiger partial charge in [-0.2, -0.15) is 0 Å². The fourth-order valence-electron chi connectivity index (χ4n) is 1.67. The van der Waals surface area contributed by atoms with Crippen molar-refractivity contribution in [3.63, 3.8) is 0 Å². The monoisotopic (exact) mass is 237 g/mol. The van der Waals surface area contributed by atoms with E-state index >= 15 is 0 Å². The Kier molecular flexibility index (Phi) is 2.40. The predicted molar refractivity (Wildman–Crippen MR) is 61.4 cm³/mol. The molecule has 1 aromatic rings. The number of hydrogen-bond acceptors (Lipinski definition) is 1. The summed E-state index contributed by atoms with van der Waals surface area (Å²) in [5, 5.41) is 0.925. The smallest absolute Gasteiger partial charge is 0.0443 e. The maximum Gasteiger partial charge on any atom is 0.0443 e. The van der Waals surface area contributed by atoms with Gasteiger partial charge in [0.2, 0.25) is 0 Å². The lowest BCUT2D eigenvalue weighted by molar-refractivity contribution is 1.02. The first-order chi connectivity index (χ1) is 6.33. The van der Waals surface area contributed by atoms with Gasteiger partial charge in [0.15, 0.2) is 0 Å². The molecule has 0 radical (unpaired) electrons. The van der Waals surface area contributed by atoms with E-state index in [1.807, 2.05) is 0 Å². The highest BCUT2D eigenvalue weighted by Gasteiger charge is 2.11. The summed E-state index contributed by atoms with van der Waals surface area (Å²) in [6.07, 6.45) is 4.42. The van der Waals surface area contributed by atoms with Gasteiger partial charge in [-0.15, -0.1) is 0 Å². The minimum atomic E-state index is 0.925. The molecule has 0 fully saturated rings. The Morgan fingerprint density at radius 1 is 1.46 bits per heavy atom. The van der Waals surface area contributed by atoms with Crippen LogP contribution in [0.4, 0.5) is 5.69 Å². The van der Waals surface area contributed by atoms with E-state index in [1.54, 1.807) is 0 Å². The van der Waals surface area contributed by atoms with E-state index < -0.39 is 0 Å². The molecule has 2 heteroatoms. The van der Waals surface area contributed by atoms with Crippen molar-refractivity contribution < 1.29 is 0 Å². The van der Waals surface area contributed by atoms with Crippen molar-refractivity contribution >= 4 is 27.7 Å². The van der Waals surface area contributed by atoms with Gasteiger partial charge in [-0.3, -0.25) is 0 Å². The third-order valence-electron chi connectivity index (χ3n) is 2.39. The highest BCUT2D eigenvalue weighted by atomic mass is 79.9. The van der Waals surface area contributed by atoms with Crippen molar-refractivity contribution in [2.24, 2.45) is 0 Å². The molecule has 0 N–H and O–H groups in total. The van der Waals surface area contributed by atoms with Crippen LogP contribution in [0.25, 0.3) is 6.08 Å². The molecule has 0 atom stereocenters. The first kappa shape index (κ1) is 8.82. The van der Waals surface area contributed by atoms with Crippen molar-refractivity contribution in [1.29, 1.82) is 0 Å². The molecule has 0 aromatic heterocycles. The molecule has 1 aliphatic rings. The van der Waals surface area contributed by atoms with Crippen molar-refractivity contribution in [2.45, 2.75) is 5.33 Å². The largest absolute Gasteiger partial charge is 0.370 e. The van der Waals surface area contributed by atoms with Crippen LogP contribution in [0.5, 0.6) is 0 Å². The number of fused-ring (bicyclic) bond motifs is 1. The Morgan fingerprint density at radius 2 is 2.31 bits per heavy atom. The van der Waals surface area contributed by atoms with Crippen LogP contribution in [0, 0.1) is 0 Å². The van der Waals surface area contributed by atoms with Crippen molar-refractivity contribution in [3.05, 3.63) is 35.4 Å². The molecular formula is C11H12BrN. The number of nitrogens with zero attached hydrogens (tertiary/aromatic N) is 1. The molecule has 0 saturated heterocycles. The van der Waals surface area contributed by atoms with E-state index in [1.165, 1.54) is 16.8 Å². The Labute approximate surface area is 87.2 Å². The Bertz CT molecular complexity index is 344. The van der Waals surface area contributed by atoms with Gasteiger partial charge in [0, 0.05) is 30.2 Å². The van der Waals surface area contributed by atoms with E-state index in [0.717, 1.165) is 11.9 Å². The lowest BCUT2D eigenvalue weighted by atomic mass is 10.0. The lowest BCUT2D eigenvalue weighted by Gasteiger charge is -2.24. The summed E-state index contributed by atoms with van der Waals surface area (Å²) in [5.41, 5.74) is 4.05. The quantitative estimate of drug-likeness (QED) is 0.679. The van der Waals surface area contributed by atoms with Gasteiger partial charge in [0.25, 0.3) is 0 Å². The Balaban J connectivity index is 2.56. The van der Waals surface area contributed by atoms with Crippen LogP contribution in [-0.2, 0) is 5.33 Å². The number of hydrogen-bond donors (Lipinski definition) is 0. The van der Waals surface area contributed by atoms with Gasteiger partial charge >= 0.3 is 0 Å². The van der Waals surface area contributed by atoms with Gasteiger partial charge in [0.05, 0.1) is 0 Å². The summed E-state index contributed by atoms with van der Waals surface area (Å²) in [6, 6.07) is 6.45. The molecule has 68 valence electrons. The maximum atomic E-state index is 3.50. The summed E-state index contributed by atoms with van der Waals surface area (Å²) < 4.78 is 0. The fourth-order valence-corrected chi connectivity index (χ4v) is 2.16. The van der Waals surface area contributed by atoms with Gasteiger partial charge in [-0.05, 0) is 11.6 Å². The molecule has 0 unspecified atom stereocenters. The number of alkyl halides is 1. The normalized spacial score (nSPS) is 14.5. The number of rotatable bonds is 1. The zero-order valence-electron chi connectivity index (χ0n) is 7.63. The zero-order chi connectivity index (χ0) is 9.26. The summed E-state index contributed by atoms with van der Waals surface area (Å²) >= 11 is 3.50. The summed E-state index contributed by atoms with van der Waals surface area (Å²) in [4.78, 5) is 2.27. The van der Waals surface area contributed by atoms with E-state index in [2.05, 4.69) is 58.2 Å². The highest BCUT2D eigenvalue weighted by Crippen LogP contribution is 2.28. The van der Waals surface area contributed by atoms with Crippen LogP contribution < -0.4 is 4.90 Å². The molecule has 0 saturated carbocycles. The number of anilines is 1. The minimum absolute atomic E-state index is 0.925. The van der Waals surface area contributed by atoms with E-state index in [0.29, 0.717) is 0 Å². The molecule has 1 aromatic carbocycles. The van der Waals surface area contributed by atoms with Gasteiger partial charge in [-0.1, -0.05) is 40.2 Å². The molecule has 2 rings (SSSR count). The van der Waals surface area contributed by atoms with Crippen LogP contribution in [-0.4, -0.2) is 13.6 Å². The first-order valence-corrected chi connectivity index (χ1v) is 5.50. The summed E-state index contributed by atoms with van der Waals surface area (Å²) in [7, 11) is 2.13. The summed E-state index contributed by atoms with van der Waals surface area (Å²) in [5.74, 6) is 0. The van der Waals surface area contributed by atoms with Gasteiger partial charge < -0.3 is 4.90 Å². The molecular weight excluding hydrogens is 226 g/mol. The van der Waals surface area contributed by atoms with Gasteiger partial charge in [-0.25, -0.2) is 0 Å². The summed E-state index contributed by atoms with van der Waals surface area (Å²) in [6.45, 7) is 1.01. The van der Waals surface area contributed by atoms with Crippen LogP contribution in [0.2, 0.25) is 0 Å². The third-order valence-corrected chi connectivity index (χ3v) is 3.00. The molecule has 0 amide bonds. The average molecular weight is 238 g/mol. The lowest BCUT2D eigenvalue weighted by Crippen LogP contribution is -2.20. The topological polar surface area (TPSA) is 3.24 Å². The molecule has 1 aliphatic heterocycles. The van der Waals surface area contributed by atoms with Crippen LogP contribution >= 0.6 is 15.9 Å². The second-order valence-electron chi connectivity index (χ2n) is 3.27. The number of likely N-dealkylation sites (N-methyl/N-ethyl adjacent to an activating group) is 1. The molecule has 13 heavy (non-hydrogen) atoms. The highest BCUT2D eigenvalue weighted by molar-refractivity contribution is 9.08. The van der Waals surface area contributed by atoms with E-state index in [4.69, 9.17) is 0 Å². The van der Waals surface area contributed by atoms with E-state index in [9.17, 15) is 0 Å². The number of benzene rings is 1. The predicted octanol–water partition coefficient (Wildman–Crippen LogP) is 3.04. The maximum absolute atomic E-state index is 3.50. The van der Waals surface area contributed by atoms with Gasteiger partial charge in [0.1, 0.15) is 0 Å². The standard InChI is InChI=1S/C11H12BrN/c1-13-7-3-5-10-9(8-12)4-2-6-11(10)13/h2-6H,7-8H2,1H3. The van der Waals surface area contributed by atoms with E-state index in [-0.39, 0.29) is 0 Å². The van der Waals surface area contributed by atoms with Crippen LogP contribution in [0.3, 0.4) is 0 Å². The third kappa shape index (κ3) is 1.51. The van der Waals surface area contributed by atoms with Crippen LogP contribution in [0.15, 0.2) is 24.3 Å². The van der Waals surface area contributed by atoms with Crippen molar-refractivity contribution in [2.75, 3.05) is 18.5 Å². The Hall–Kier alpha value is -0.760. The Morgan fingerprint density at radius 3 is 3.08 bits per heavy atom. The second kappa shape index (κ2) is 3.54. The molecule has 1 nitrogen and oxygen atoms in total. The first-order valence-electron chi connectivity index (χ1n) is 4.38. The van der Waals surface area contributed by atoms with Crippen molar-refractivity contribution in [1.82, 2.24) is 0 Å². The molecule has 1 heterocycles. The molecule has 0 bridgehead atoms. The second-order valence-corrected chi connectivity index (χ2v) is 3.83. The fraction of sp³-hybridized carbons (Fsp3) is 0.273. The molecule has 0 spiro atoms. The number of halogens is 1. The SMILES string of the molecule is CN1CC=Cc2c(CBr)cccc21. The van der Waals surface area contributed by atoms with Crippen LogP contribution in [0.1, 0.15) is 11.1 Å². The molecule has 0 aliphatic carbocycles.